The predicted molar refractivity (Wildman–Crippen MR) is 67.7 cm³/mol. The van der Waals surface area contributed by atoms with Crippen LogP contribution < -0.4 is 0 Å². The van der Waals surface area contributed by atoms with Gasteiger partial charge in [-0.3, -0.25) is 0 Å². The molecule has 2 rings (SSSR count). The first-order valence-corrected chi connectivity index (χ1v) is 6.31. The number of aliphatic hydroxyl groups excluding tert-OH is 1. The van der Waals surface area contributed by atoms with Gasteiger partial charge in [-0.1, -0.05) is 17.7 Å². The first-order valence-electron chi connectivity index (χ1n) is 6.31. The molecule has 0 saturated heterocycles. The molecule has 16 heavy (non-hydrogen) atoms. The summed E-state index contributed by atoms with van der Waals surface area (Å²) in [5.74, 6) is 0.690. The van der Waals surface area contributed by atoms with Crippen LogP contribution in [0, 0.1) is 26.7 Å². The maximum Gasteiger partial charge on any atom is 0.0543 e. The van der Waals surface area contributed by atoms with Gasteiger partial charge in [-0.05, 0) is 69.1 Å². The summed E-state index contributed by atoms with van der Waals surface area (Å²) in [6.45, 7) is 6.57. The van der Waals surface area contributed by atoms with Crippen LogP contribution in [0.4, 0.5) is 0 Å². The van der Waals surface area contributed by atoms with Crippen LogP contribution >= 0.6 is 0 Å². The molecule has 0 amide bonds. The third kappa shape index (κ3) is 2.46. The molecule has 1 saturated carbocycles. The minimum atomic E-state index is -0.0453. The Morgan fingerprint density at radius 3 is 2.25 bits per heavy atom. The standard InChI is InChI=1S/C15H22O/c1-10-6-11(2)15(12(3)7-10)9-13-4-5-14(16)8-13/h6-7,13-14,16H,4-5,8-9H2,1-3H3. The van der Waals surface area contributed by atoms with Crippen molar-refractivity contribution in [3.05, 3.63) is 34.4 Å². The summed E-state index contributed by atoms with van der Waals surface area (Å²) in [7, 11) is 0. The number of aryl methyl sites for hydroxylation is 3. The van der Waals surface area contributed by atoms with Crippen LogP contribution in [-0.2, 0) is 6.42 Å². The number of hydrogen-bond acceptors (Lipinski definition) is 1. The molecule has 0 aromatic heterocycles. The van der Waals surface area contributed by atoms with E-state index in [0.29, 0.717) is 5.92 Å². The molecule has 1 fully saturated rings. The SMILES string of the molecule is Cc1cc(C)c(CC2CCC(O)C2)c(C)c1. The molecule has 88 valence electrons. The zero-order valence-corrected chi connectivity index (χ0v) is 10.6. The number of aliphatic hydroxyl groups is 1. The van der Waals surface area contributed by atoms with Crippen LogP contribution in [0.3, 0.4) is 0 Å². The van der Waals surface area contributed by atoms with E-state index < -0.39 is 0 Å². The summed E-state index contributed by atoms with van der Waals surface area (Å²) in [4.78, 5) is 0. The van der Waals surface area contributed by atoms with Crippen molar-refractivity contribution in [3.63, 3.8) is 0 Å². The predicted octanol–water partition coefficient (Wildman–Crippen LogP) is 3.32. The second-order valence-corrected chi connectivity index (χ2v) is 5.41. The molecule has 2 unspecified atom stereocenters. The van der Waals surface area contributed by atoms with Crippen molar-refractivity contribution in [2.45, 2.75) is 52.6 Å². The Labute approximate surface area is 98.5 Å². The van der Waals surface area contributed by atoms with Crippen LogP contribution in [0.2, 0.25) is 0 Å². The Kier molecular flexibility index (Phi) is 3.34. The number of benzene rings is 1. The highest BCUT2D eigenvalue weighted by Crippen LogP contribution is 2.30. The fourth-order valence-electron chi connectivity index (χ4n) is 3.05. The van der Waals surface area contributed by atoms with Crippen molar-refractivity contribution >= 4 is 0 Å². The Morgan fingerprint density at radius 2 is 1.75 bits per heavy atom. The molecule has 0 radical (unpaired) electrons. The summed E-state index contributed by atoms with van der Waals surface area (Å²) in [6, 6.07) is 4.54. The highest BCUT2D eigenvalue weighted by Gasteiger charge is 2.23. The van der Waals surface area contributed by atoms with Crippen molar-refractivity contribution in [3.8, 4) is 0 Å². The highest BCUT2D eigenvalue weighted by atomic mass is 16.3. The molecule has 1 aromatic carbocycles. The van der Waals surface area contributed by atoms with Crippen molar-refractivity contribution in [1.29, 1.82) is 0 Å². The Morgan fingerprint density at radius 1 is 1.12 bits per heavy atom. The average molecular weight is 218 g/mol. The lowest BCUT2D eigenvalue weighted by Gasteiger charge is -2.15. The summed E-state index contributed by atoms with van der Waals surface area (Å²) in [5.41, 5.74) is 5.69. The van der Waals surface area contributed by atoms with Gasteiger partial charge in [0.25, 0.3) is 0 Å². The molecule has 1 heteroatoms. The topological polar surface area (TPSA) is 20.2 Å². The molecule has 1 nitrogen and oxygen atoms in total. The summed E-state index contributed by atoms with van der Waals surface area (Å²) >= 11 is 0. The molecule has 0 heterocycles. The van der Waals surface area contributed by atoms with Gasteiger partial charge in [-0.25, -0.2) is 0 Å². The lowest BCUT2D eigenvalue weighted by atomic mass is 9.90. The van der Waals surface area contributed by atoms with Gasteiger partial charge in [0.2, 0.25) is 0 Å². The van der Waals surface area contributed by atoms with Gasteiger partial charge in [0, 0.05) is 0 Å². The largest absolute Gasteiger partial charge is 0.393 e. The maximum absolute atomic E-state index is 9.56. The summed E-state index contributed by atoms with van der Waals surface area (Å²) in [5, 5.41) is 9.56. The van der Waals surface area contributed by atoms with E-state index in [2.05, 4.69) is 32.9 Å². The van der Waals surface area contributed by atoms with Gasteiger partial charge in [-0.2, -0.15) is 0 Å². The molecular formula is C15H22O. The zero-order valence-electron chi connectivity index (χ0n) is 10.6. The maximum atomic E-state index is 9.56. The van der Waals surface area contributed by atoms with Gasteiger partial charge >= 0.3 is 0 Å². The lowest BCUT2D eigenvalue weighted by molar-refractivity contribution is 0.177. The van der Waals surface area contributed by atoms with E-state index in [9.17, 15) is 5.11 Å². The fraction of sp³-hybridized carbons (Fsp3) is 0.600. The van der Waals surface area contributed by atoms with Crippen LogP contribution in [0.15, 0.2) is 12.1 Å². The normalized spacial score (nSPS) is 25.0. The smallest absolute Gasteiger partial charge is 0.0543 e. The Balaban J connectivity index is 2.15. The van der Waals surface area contributed by atoms with Gasteiger partial charge in [0.15, 0.2) is 0 Å². The number of hydrogen-bond donors (Lipinski definition) is 1. The molecule has 0 spiro atoms. The fourth-order valence-corrected chi connectivity index (χ4v) is 3.05. The highest BCUT2D eigenvalue weighted by molar-refractivity contribution is 5.37. The lowest BCUT2D eigenvalue weighted by Crippen LogP contribution is -2.06. The monoisotopic (exact) mass is 218 g/mol. The van der Waals surface area contributed by atoms with Gasteiger partial charge < -0.3 is 5.11 Å². The summed E-state index contributed by atoms with van der Waals surface area (Å²) < 4.78 is 0. The minimum absolute atomic E-state index is 0.0453. The first-order chi connectivity index (χ1) is 7.56. The van der Waals surface area contributed by atoms with E-state index in [1.54, 1.807) is 0 Å². The van der Waals surface area contributed by atoms with Crippen LogP contribution in [0.25, 0.3) is 0 Å². The molecule has 2 atom stereocenters. The molecule has 0 aliphatic heterocycles. The van der Waals surface area contributed by atoms with E-state index in [-0.39, 0.29) is 6.10 Å². The van der Waals surface area contributed by atoms with Gasteiger partial charge in [0.05, 0.1) is 6.10 Å². The summed E-state index contributed by atoms with van der Waals surface area (Å²) in [6.07, 6.45) is 4.28. The molecule has 1 aromatic rings. The third-order valence-corrected chi connectivity index (χ3v) is 3.85. The Hall–Kier alpha value is -0.820. The average Bonchev–Trinajstić information content (AvgIpc) is 2.58. The van der Waals surface area contributed by atoms with Gasteiger partial charge in [-0.15, -0.1) is 0 Å². The van der Waals surface area contributed by atoms with Crippen LogP contribution in [0.5, 0.6) is 0 Å². The molecule has 0 bridgehead atoms. The van der Waals surface area contributed by atoms with Crippen LogP contribution in [0.1, 0.15) is 41.5 Å². The van der Waals surface area contributed by atoms with E-state index >= 15 is 0 Å². The zero-order chi connectivity index (χ0) is 11.7. The second kappa shape index (κ2) is 4.58. The van der Waals surface area contributed by atoms with Crippen molar-refractivity contribution in [2.75, 3.05) is 0 Å². The quantitative estimate of drug-likeness (QED) is 0.807. The molecule has 1 N–H and O–H groups in total. The van der Waals surface area contributed by atoms with E-state index in [1.165, 1.54) is 28.7 Å². The van der Waals surface area contributed by atoms with E-state index in [1.807, 2.05) is 0 Å². The van der Waals surface area contributed by atoms with Gasteiger partial charge in [0.1, 0.15) is 0 Å². The van der Waals surface area contributed by atoms with Crippen LogP contribution in [-0.4, -0.2) is 11.2 Å². The Bertz CT molecular complexity index is 358. The van der Waals surface area contributed by atoms with E-state index in [4.69, 9.17) is 0 Å². The molecule has 1 aliphatic carbocycles. The third-order valence-electron chi connectivity index (χ3n) is 3.85. The number of rotatable bonds is 2. The van der Waals surface area contributed by atoms with Crippen molar-refractivity contribution < 1.29 is 5.11 Å². The molecular weight excluding hydrogens is 196 g/mol. The van der Waals surface area contributed by atoms with Crippen molar-refractivity contribution in [2.24, 2.45) is 5.92 Å². The second-order valence-electron chi connectivity index (χ2n) is 5.41. The minimum Gasteiger partial charge on any atom is -0.393 e. The van der Waals surface area contributed by atoms with Crippen molar-refractivity contribution in [1.82, 2.24) is 0 Å². The first kappa shape index (κ1) is 11.7. The van der Waals surface area contributed by atoms with E-state index in [0.717, 1.165) is 19.3 Å². The molecule has 1 aliphatic rings.